The summed E-state index contributed by atoms with van der Waals surface area (Å²) in [7, 11) is 0. The van der Waals surface area contributed by atoms with Crippen LogP contribution >= 0.6 is 15.9 Å². The Kier molecular flexibility index (Phi) is 6.04. The Bertz CT molecular complexity index is 1350. The van der Waals surface area contributed by atoms with Gasteiger partial charge in [-0.05, 0) is 46.3 Å². The fourth-order valence-electron chi connectivity index (χ4n) is 3.03. The molecule has 0 saturated carbocycles. The molecule has 0 aliphatic rings. The van der Waals surface area contributed by atoms with E-state index in [0.717, 1.165) is 16.4 Å². The number of carbonyl (C=O) groups excluding carboxylic acids is 2. The van der Waals surface area contributed by atoms with Gasteiger partial charge in [-0.3, -0.25) is 14.9 Å². The van der Waals surface area contributed by atoms with Crippen LogP contribution in [0.2, 0.25) is 0 Å². The lowest BCUT2D eigenvalue weighted by Gasteiger charge is -2.09. The normalized spacial score (nSPS) is 10.8. The number of nitrogens with zero attached hydrogens (tertiary/aromatic N) is 1. The number of non-ortho nitro benzene ring substituents is 1. The van der Waals surface area contributed by atoms with Crippen molar-refractivity contribution in [3.63, 3.8) is 0 Å². The second kappa shape index (κ2) is 9.06. The van der Waals surface area contributed by atoms with Gasteiger partial charge < -0.3 is 19.2 Å². The molecule has 0 atom stereocenters. The number of ether oxygens (including phenoxy) is 2. The molecular weight excluding hydrogens is 484 g/mol. The average Bonchev–Trinajstić information content (AvgIpc) is 3.15. The van der Waals surface area contributed by atoms with E-state index < -0.39 is 23.4 Å². The van der Waals surface area contributed by atoms with Gasteiger partial charge in [0.2, 0.25) is 0 Å². The van der Waals surface area contributed by atoms with Crippen LogP contribution < -0.4 is 10.1 Å². The van der Waals surface area contributed by atoms with Crippen LogP contribution in [0.25, 0.3) is 21.9 Å². The van der Waals surface area contributed by atoms with Crippen molar-refractivity contribution in [3.05, 3.63) is 75.3 Å². The van der Waals surface area contributed by atoms with Gasteiger partial charge in [0.25, 0.3) is 11.6 Å². The molecule has 0 saturated heterocycles. The first-order valence-corrected chi connectivity index (χ1v) is 10.1. The summed E-state index contributed by atoms with van der Waals surface area (Å²) in [6.45, 7) is -0.910. The van der Waals surface area contributed by atoms with E-state index in [1.54, 1.807) is 18.2 Å². The number of hydrogen-bond donors (Lipinski definition) is 1. The predicted octanol–water partition coefficient (Wildman–Crippen LogP) is 4.82. The van der Waals surface area contributed by atoms with Gasteiger partial charge in [-0.2, -0.15) is 0 Å². The van der Waals surface area contributed by atoms with Gasteiger partial charge in [-0.25, -0.2) is 4.79 Å². The Hall–Kier alpha value is -3.92. The summed E-state index contributed by atoms with van der Waals surface area (Å²) < 4.78 is 16.5. The minimum Gasteiger partial charge on any atom is -0.482 e. The van der Waals surface area contributed by atoms with Crippen molar-refractivity contribution in [2.24, 2.45) is 0 Å². The largest absolute Gasteiger partial charge is 0.482 e. The van der Waals surface area contributed by atoms with E-state index in [2.05, 4.69) is 21.2 Å². The van der Waals surface area contributed by atoms with E-state index in [9.17, 15) is 19.7 Å². The Morgan fingerprint density at radius 3 is 2.56 bits per heavy atom. The van der Waals surface area contributed by atoms with Crippen LogP contribution in [-0.2, 0) is 14.3 Å². The molecule has 4 aromatic rings. The number of halogens is 1. The molecule has 4 rings (SSSR count). The van der Waals surface area contributed by atoms with Gasteiger partial charge in [0, 0.05) is 27.4 Å². The fourth-order valence-corrected chi connectivity index (χ4v) is 3.50. The summed E-state index contributed by atoms with van der Waals surface area (Å²) in [4.78, 5) is 34.2. The van der Waals surface area contributed by atoms with Gasteiger partial charge in [0.15, 0.2) is 13.2 Å². The third-order valence-corrected chi connectivity index (χ3v) is 5.16. The standard InChI is InChI=1S/C22H15BrN2O7/c23-17-9-13(25(28)29)5-7-18(17)24-21(26)11-31-22(27)12-30-14-6-8-20-16(10-14)15-3-1-2-4-19(15)32-20/h1-10H,11-12H2,(H,24,26). The smallest absolute Gasteiger partial charge is 0.344 e. The SMILES string of the molecule is O=C(COC(=O)COc1ccc2oc3ccccc3c2c1)Nc1ccc([N+](=O)[O-])cc1Br. The maximum absolute atomic E-state index is 12.0. The van der Waals surface area contributed by atoms with Crippen molar-refractivity contribution >= 4 is 61.1 Å². The number of amides is 1. The van der Waals surface area contributed by atoms with Crippen LogP contribution in [0.15, 0.2) is 69.6 Å². The molecule has 0 fully saturated rings. The molecule has 0 bridgehead atoms. The molecule has 1 aromatic heterocycles. The second-order valence-electron chi connectivity index (χ2n) is 6.67. The molecular formula is C22H15BrN2O7. The molecule has 0 aliphatic carbocycles. The number of rotatable bonds is 7. The zero-order valence-electron chi connectivity index (χ0n) is 16.4. The van der Waals surface area contributed by atoms with Crippen molar-refractivity contribution in [3.8, 4) is 5.75 Å². The molecule has 0 unspecified atom stereocenters. The number of nitro groups is 1. The summed E-state index contributed by atoms with van der Waals surface area (Å²) >= 11 is 3.15. The van der Waals surface area contributed by atoms with Gasteiger partial charge in [-0.1, -0.05) is 18.2 Å². The van der Waals surface area contributed by atoms with Crippen LogP contribution in [0.3, 0.4) is 0 Å². The van der Waals surface area contributed by atoms with Gasteiger partial charge in [0.05, 0.1) is 10.6 Å². The zero-order valence-corrected chi connectivity index (χ0v) is 18.0. The molecule has 0 radical (unpaired) electrons. The molecule has 0 spiro atoms. The molecule has 1 amide bonds. The molecule has 162 valence electrons. The van der Waals surface area contributed by atoms with E-state index in [-0.39, 0.29) is 12.3 Å². The van der Waals surface area contributed by atoms with Crippen molar-refractivity contribution in [1.82, 2.24) is 0 Å². The third-order valence-electron chi connectivity index (χ3n) is 4.51. The Balaban J connectivity index is 1.30. The summed E-state index contributed by atoms with van der Waals surface area (Å²) in [5.41, 5.74) is 1.65. The molecule has 9 nitrogen and oxygen atoms in total. The number of nitro benzene ring substituents is 1. The van der Waals surface area contributed by atoms with Crippen molar-refractivity contribution in [1.29, 1.82) is 0 Å². The van der Waals surface area contributed by atoms with Crippen molar-refractivity contribution < 1.29 is 28.4 Å². The maximum Gasteiger partial charge on any atom is 0.344 e. The summed E-state index contributed by atoms with van der Waals surface area (Å²) in [5.74, 6) is -0.862. The number of nitrogens with one attached hydrogen (secondary N) is 1. The molecule has 1 heterocycles. The topological polar surface area (TPSA) is 121 Å². The lowest BCUT2D eigenvalue weighted by molar-refractivity contribution is -0.384. The van der Waals surface area contributed by atoms with E-state index >= 15 is 0 Å². The van der Waals surface area contributed by atoms with Crippen molar-refractivity contribution in [2.45, 2.75) is 0 Å². The molecule has 32 heavy (non-hydrogen) atoms. The predicted molar refractivity (Wildman–Crippen MR) is 120 cm³/mol. The van der Waals surface area contributed by atoms with Crippen molar-refractivity contribution in [2.75, 3.05) is 18.5 Å². The van der Waals surface area contributed by atoms with Gasteiger partial charge >= 0.3 is 5.97 Å². The number of carbonyl (C=O) groups is 2. The second-order valence-corrected chi connectivity index (χ2v) is 7.53. The summed E-state index contributed by atoms with van der Waals surface area (Å²) in [5, 5.41) is 15.1. The van der Waals surface area contributed by atoms with Gasteiger partial charge in [0.1, 0.15) is 16.9 Å². The summed E-state index contributed by atoms with van der Waals surface area (Å²) in [6.07, 6.45) is 0. The highest BCUT2D eigenvalue weighted by Gasteiger charge is 2.14. The Labute approximate surface area is 189 Å². The third kappa shape index (κ3) is 4.70. The average molecular weight is 499 g/mol. The highest BCUT2D eigenvalue weighted by molar-refractivity contribution is 9.10. The van der Waals surface area contributed by atoms with Crippen LogP contribution in [-0.4, -0.2) is 30.0 Å². The lowest BCUT2D eigenvalue weighted by Crippen LogP contribution is -2.23. The minimum absolute atomic E-state index is 0.125. The van der Waals surface area contributed by atoms with Crippen LogP contribution in [0.5, 0.6) is 5.75 Å². The first-order valence-electron chi connectivity index (χ1n) is 9.34. The van der Waals surface area contributed by atoms with E-state index in [1.807, 2.05) is 24.3 Å². The monoisotopic (exact) mass is 498 g/mol. The highest BCUT2D eigenvalue weighted by atomic mass is 79.9. The number of hydrogen-bond acceptors (Lipinski definition) is 7. The van der Waals surface area contributed by atoms with Crippen LogP contribution in [0, 0.1) is 10.1 Å². The van der Waals surface area contributed by atoms with E-state index in [1.165, 1.54) is 18.2 Å². The summed E-state index contributed by atoms with van der Waals surface area (Å²) in [6, 6.07) is 16.7. The maximum atomic E-state index is 12.0. The van der Waals surface area contributed by atoms with Gasteiger partial charge in [-0.15, -0.1) is 0 Å². The molecule has 0 aliphatic heterocycles. The Morgan fingerprint density at radius 2 is 1.78 bits per heavy atom. The number of para-hydroxylation sites is 1. The Morgan fingerprint density at radius 1 is 1.00 bits per heavy atom. The molecule has 3 aromatic carbocycles. The fraction of sp³-hybridized carbons (Fsp3) is 0.0909. The number of benzene rings is 3. The number of esters is 1. The quantitative estimate of drug-likeness (QED) is 0.220. The highest BCUT2D eigenvalue weighted by Crippen LogP contribution is 2.31. The first-order chi connectivity index (χ1) is 15.4. The van der Waals surface area contributed by atoms with Crippen LogP contribution in [0.1, 0.15) is 0 Å². The number of furan rings is 1. The lowest BCUT2D eigenvalue weighted by atomic mass is 10.1. The van der Waals surface area contributed by atoms with Crippen LogP contribution in [0.4, 0.5) is 11.4 Å². The van der Waals surface area contributed by atoms with E-state index in [4.69, 9.17) is 13.9 Å². The molecule has 10 heteroatoms. The minimum atomic E-state index is -0.722. The number of fused-ring (bicyclic) bond motifs is 3. The molecule has 1 N–H and O–H groups in total. The number of anilines is 1. The van der Waals surface area contributed by atoms with E-state index in [0.29, 0.717) is 21.5 Å². The zero-order chi connectivity index (χ0) is 22.7. The first kappa shape index (κ1) is 21.3.